The van der Waals surface area contributed by atoms with E-state index >= 15 is 0 Å². The topological polar surface area (TPSA) is 59.8 Å². The molecule has 0 saturated heterocycles. The summed E-state index contributed by atoms with van der Waals surface area (Å²) in [4.78, 5) is 20.9. The van der Waals surface area contributed by atoms with Crippen molar-refractivity contribution in [1.82, 2.24) is 19.9 Å². The van der Waals surface area contributed by atoms with Gasteiger partial charge in [-0.15, -0.1) is 0 Å². The van der Waals surface area contributed by atoms with Crippen molar-refractivity contribution < 1.29 is 4.79 Å². The van der Waals surface area contributed by atoms with Gasteiger partial charge >= 0.3 is 0 Å². The van der Waals surface area contributed by atoms with E-state index in [1.165, 1.54) is 25.7 Å². The number of nitrogens with one attached hydrogen (secondary N) is 1. The molecule has 4 rings (SSSR count). The van der Waals surface area contributed by atoms with E-state index in [1.54, 1.807) is 29.4 Å². The second-order valence-corrected chi connectivity index (χ2v) is 6.81. The summed E-state index contributed by atoms with van der Waals surface area (Å²) in [5, 5.41) is 3.23. The summed E-state index contributed by atoms with van der Waals surface area (Å²) in [6.07, 6.45) is 14.5. The van der Waals surface area contributed by atoms with Crippen LogP contribution in [0.3, 0.4) is 0 Å². The van der Waals surface area contributed by atoms with Crippen LogP contribution in [0.1, 0.15) is 48.9 Å². The molecule has 3 atom stereocenters. The van der Waals surface area contributed by atoms with Crippen LogP contribution >= 0.6 is 0 Å². The molecule has 2 fully saturated rings. The number of hydrogen-bond donors (Lipinski definition) is 1. The number of carbonyl (C=O) groups is 1. The van der Waals surface area contributed by atoms with Crippen molar-refractivity contribution in [2.75, 3.05) is 0 Å². The number of amides is 1. The number of rotatable bonds is 3. The van der Waals surface area contributed by atoms with Crippen molar-refractivity contribution in [3.8, 4) is 5.82 Å². The molecule has 2 aromatic rings. The fraction of sp³-hybridized carbons (Fsp3) is 0.500. The van der Waals surface area contributed by atoms with Crippen LogP contribution in [0.2, 0.25) is 0 Å². The van der Waals surface area contributed by atoms with Crippen LogP contribution in [0, 0.1) is 11.8 Å². The maximum Gasteiger partial charge on any atom is 0.251 e. The van der Waals surface area contributed by atoms with Crippen LogP contribution in [0.25, 0.3) is 5.82 Å². The second kappa shape index (κ2) is 6.14. The molecule has 2 aromatic heterocycles. The zero-order valence-electron chi connectivity index (χ0n) is 13.2. The van der Waals surface area contributed by atoms with Gasteiger partial charge in [0.2, 0.25) is 0 Å². The molecule has 1 N–H and O–H groups in total. The van der Waals surface area contributed by atoms with Gasteiger partial charge in [0.05, 0.1) is 0 Å². The normalized spacial score (nSPS) is 26.7. The summed E-state index contributed by atoms with van der Waals surface area (Å²) in [6, 6.07) is 3.92. The van der Waals surface area contributed by atoms with Crippen LogP contribution in [-0.4, -0.2) is 26.5 Å². The van der Waals surface area contributed by atoms with Crippen LogP contribution in [-0.2, 0) is 0 Å². The Bertz CT molecular complexity index is 682. The molecule has 0 radical (unpaired) electrons. The largest absolute Gasteiger partial charge is 0.349 e. The Morgan fingerprint density at radius 2 is 2.09 bits per heavy atom. The summed E-state index contributed by atoms with van der Waals surface area (Å²) in [6.45, 7) is 0. The summed E-state index contributed by atoms with van der Waals surface area (Å²) in [5.41, 5.74) is 0.664. The summed E-state index contributed by atoms with van der Waals surface area (Å²) in [5.74, 6) is 2.47. The maximum absolute atomic E-state index is 12.6. The minimum absolute atomic E-state index is 0.00946. The van der Waals surface area contributed by atoms with Gasteiger partial charge < -0.3 is 5.32 Å². The van der Waals surface area contributed by atoms with Gasteiger partial charge in [-0.3, -0.25) is 9.36 Å². The van der Waals surface area contributed by atoms with E-state index in [2.05, 4.69) is 15.3 Å². The molecule has 2 aliphatic rings. The van der Waals surface area contributed by atoms with Crippen molar-refractivity contribution in [1.29, 1.82) is 0 Å². The van der Waals surface area contributed by atoms with E-state index in [-0.39, 0.29) is 5.91 Å². The standard InChI is InChI=1S/C18H22N4O/c23-18(21-16-5-4-13-2-1-3-14(13)10-16)15-6-7-20-17(11-15)22-9-8-19-12-22/h6-9,11-14,16H,1-5,10H2,(H,21,23). The number of carbonyl (C=O) groups excluding carboxylic acids is 1. The first-order valence-corrected chi connectivity index (χ1v) is 8.55. The van der Waals surface area contributed by atoms with Gasteiger partial charge in [0.15, 0.2) is 0 Å². The summed E-state index contributed by atoms with van der Waals surface area (Å²) >= 11 is 0. The molecule has 0 bridgehead atoms. The minimum atomic E-state index is 0.00946. The molecule has 2 heterocycles. The van der Waals surface area contributed by atoms with Gasteiger partial charge in [-0.05, 0) is 43.2 Å². The van der Waals surface area contributed by atoms with Crippen molar-refractivity contribution >= 4 is 5.91 Å². The van der Waals surface area contributed by atoms with E-state index in [9.17, 15) is 4.79 Å². The van der Waals surface area contributed by atoms with Gasteiger partial charge in [-0.25, -0.2) is 9.97 Å². The molecule has 0 spiro atoms. The first-order valence-electron chi connectivity index (χ1n) is 8.55. The lowest BCUT2D eigenvalue weighted by molar-refractivity contribution is 0.0910. The van der Waals surface area contributed by atoms with Crippen LogP contribution in [0.15, 0.2) is 37.1 Å². The van der Waals surface area contributed by atoms with Gasteiger partial charge in [0.25, 0.3) is 5.91 Å². The van der Waals surface area contributed by atoms with Gasteiger partial charge in [-0.2, -0.15) is 0 Å². The highest BCUT2D eigenvalue weighted by atomic mass is 16.1. The molecule has 2 saturated carbocycles. The third kappa shape index (κ3) is 3.00. The molecule has 0 aromatic carbocycles. The Hall–Kier alpha value is -2.17. The predicted molar refractivity (Wildman–Crippen MR) is 87.3 cm³/mol. The zero-order chi connectivity index (χ0) is 15.6. The number of nitrogens with zero attached hydrogens (tertiary/aromatic N) is 3. The lowest BCUT2D eigenvalue weighted by atomic mass is 9.79. The first-order chi connectivity index (χ1) is 11.3. The molecule has 0 aliphatic heterocycles. The molecular formula is C18H22N4O. The van der Waals surface area contributed by atoms with Crippen LogP contribution < -0.4 is 5.32 Å². The Morgan fingerprint density at radius 3 is 2.96 bits per heavy atom. The minimum Gasteiger partial charge on any atom is -0.349 e. The number of fused-ring (bicyclic) bond motifs is 1. The lowest BCUT2D eigenvalue weighted by Crippen LogP contribution is -2.39. The zero-order valence-corrected chi connectivity index (χ0v) is 13.2. The molecule has 5 heteroatoms. The summed E-state index contributed by atoms with van der Waals surface area (Å²) < 4.78 is 1.81. The number of hydrogen-bond acceptors (Lipinski definition) is 3. The Morgan fingerprint density at radius 1 is 1.17 bits per heavy atom. The number of imidazole rings is 1. The van der Waals surface area contributed by atoms with Crippen LogP contribution in [0.5, 0.6) is 0 Å². The molecule has 5 nitrogen and oxygen atoms in total. The second-order valence-electron chi connectivity index (χ2n) is 6.81. The fourth-order valence-corrected chi connectivity index (χ4v) is 4.20. The monoisotopic (exact) mass is 310 g/mol. The van der Waals surface area contributed by atoms with Gasteiger partial charge in [-0.1, -0.05) is 19.3 Å². The molecule has 2 aliphatic carbocycles. The van der Waals surface area contributed by atoms with E-state index in [4.69, 9.17) is 0 Å². The molecule has 23 heavy (non-hydrogen) atoms. The average molecular weight is 310 g/mol. The van der Waals surface area contributed by atoms with Crippen molar-refractivity contribution in [2.45, 2.75) is 44.6 Å². The number of aromatic nitrogens is 3. The Kier molecular flexibility index (Phi) is 3.85. The predicted octanol–water partition coefficient (Wildman–Crippen LogP) is 2.97. The molecule has 120 valence electrons. The highest BCUT2D eigenvalue weighted by Crippen LogP contribution is 2.42. The molecular weight excluding hydrogens is 288 g/mol. The van der Waals surface area contributed by atoms with Crippen molar-refractivity contribution in [2.24, 2.45) is 11.8 Å². The quantitative estimate of drug-likeness (QED) is 0.948. The highest BCUT2D eigenvalue weighted by molar-refractivity contribution is 5.94. The SMILES string of the molecule is O=C(NC1CCC2CCCC2C1)c1ccnc(-n2ccnc2)c1. The van der Waals surface area contributed by atoms with Crippen molar-refractivity contribution in [3.05, 3.63) is 42.6 Å². The summed E-state index contributed by atoms with van der Waals surface area (Å²) in [7, 11) is 0. The van der Waals surface area contributed by atoms with Gasteiger partial charge in [0, 0.05) is 30.2 Å². The van der Waals surface area contributed by atoms with Crippen LogP contribution in [0.4, 0.5) is 0 Å². The van der Waals surface area contributed by atoms with E-state index in [0.717, 1.165) is 30.5 Å². The Labute approximate surface area is 136 Å². The third-order valence-electron chi connectivity index (χ3n) is 5.40. The maximum atomic E-state index is 12.6. The fourth-order valence-electron chi connectivity index (χ4n) is 4.20. The first kappa shape index (κ1) is 14.4. The van der Waals surface area contributed by atoms with E-state index < -0.39 is 0 Å². The Balaban J connectivity index is 1.44. The number of pyridine rings is 1. The van der Waals surface area contributed by atoms with E-state index in [1.807, 2.05) is 12.3 Å². The highest BCUT2D eigenvalue weighted by Gasteiger charge is 2.34. The lowest BCUT2D eigenvalue weighted by Gasteiger charge is -2.32. The average Bonchev–Trinajstić information content (AvgIpc) is 3.26. The van der Waals surface area contributed by atoms with E-state index in [0.29, 0.717) is 11.6 Å². The third-order valence-corrected chi connectivity index (χ3v) is 5.40. The van der Waals surface area contributed by atoms with Gasteiger partial charge in [0.1, 0.15) is 12.1 Å². The van der Waals surface area contributed by atoms with Crippen molar-refractivity contribution in [3.63, 3.8) is 0 Å². The smallest absolute Gasteiger partial charge is 0.251 e. The molecule has 1 amide bonds. The molecule has 3 unspecified atom stereocenters.